The number of benzene rings is 1. The Hall–Kier alpha value is -1.57. The smallest absolute Gasteiger partial charge is 0.186 e. The molecule has 6 heteroatoms. The van der Waals surface area contributed by atoms with Crippen LogP contribution in [-0.4, -0.2) is 56.4 Å². The predicted molar refractivity (Wildman–Crippen MR) is 125 cm³/mol. The van der Waals surface area contributed by atoms with Crippen molar-refractivity contribution in [2.24, 2.45) is 11.3 Å². The Bertz CT molecular complexity index is 1070. The molecular weight excluding hydrogens is 432 g/mol. The molecule has 0 aromatic heterocycles. The largest absolute Gasteiger partial charge is 0.387 e. The van der Waals surface area contributed by atoms with E-state index in [1.54, 1.807) is 13.0 Å². The van der Waals surface area contributed by atoms with Crippen LogP contribution in [0.15, 0.2) is 30.4 Å². The number of hydrogen-bond acceptors (Lipinski definition) is 6. The van der Waals surface area contributed by atoms with Gasteiger partial charge in [0.05, 0.1) is 23.2 Å². The lowest BCUT2D eigenvalue weighted by atomic mass is 9.49. The van der Waals surface area contributed by atoms with E-state index >= 15 is 0 Å². The first-order chi connectivity index (χ1) is 15.9. The minimum Gasteiger partial charge on any atom is -0.387 e. The standard InChI is InChI=1S/C28H36O6/c1-15(21-14-25(2,31)27(4,32)24(30)33-21)16-7-9-18-17(12-16)8-10-20-19(18)13-23-28(34-23)11-5-6-22(29)26(20,28)3/h5-7,9,12,15,19-21,23-24,30-32H,8,10-11,13-14H2,1-4H3/t15-,19-,20-,21-,23-,24-,25+,26-,27+,28-/m0/s1. The second kappa shape index (κ2) is 7.01. The zero-order valence-corrected chi connectivity index (χ0v) is 20.5. The molecule has 0 amide bonds. The van der Waals surface area contributed by atoms with Crippen molar-refractivity contribution in [1.82, 2.24) is 0 Å². The highest BCUT2D eigenvalue weighted by atomic mass is 16.6. The Morgan fingerprint density at radius 1 is 1.18 bits per heavy atom. The number of ether oxygens (including phenoxy) is 2. The van der Waals surface area contributed by atoms with E-state index in [1.807, 2.05) is 13.0 Å². The molecular formula is C28H36O6. The average Bonchev–Trinajstić information content (AvgIpc) is 3.50. The van der Waals surface area contributed by atoms with E-state index in [4.69, 9.17) is 9.47 Å². The predicted octanol–water partition coefficient (Wildman–Crippen LogP) is 3.12. The number of hydrogen-bond donors (Lipinski definition) is 3. The van der Waals surface area contributed by atoms with Crippen LogP contribution in [0.1, 0.15) is 81.9 Å². The summed E-state index contributed by atoms with van der Waals surface area (Å²) < 4.78 is 12.1. The second-order valence-corrected chi connectivity index (χ2v) is 12.1. The molecule has 2 saturated heterocycles. The summed E-state index contributed by atoms with van der Waals surface area (Å²) in [5, 5.41) is 31.6. The van der Waals surface area contributed by atoms with Crippen LogP contribution >= 0.6 is 0 Å². The van der Waals surface area contributed by atoms with E-state index in [9.17, 15) is 20.1 Å². The Morgan fingerprint density at radius 2 is 1.94 bits per heavy atom. The highest BCUT2D eigenvalue weighted by Crippen LogP contribution is 2.69. The lowest BCUT2D eigenvalue weighted by Crippen LogP contribution is -2.64. The van der Waals surface area contributed by atoms with Gasteiger partial charge < -0.3 is 24.8 Å². The molecule has 6 nitrogen and oxygen atoms in total. The molecule has 5 aliphatic rings. The van der Waals surface area contributed by atoms with Crippen LogP contribution in [0.5, 0.6) is 0 Å². The van der Waals surface area contributed by atoms with Crippen LogP contribution in [-0.2, 0) is 20.7 Å². The Balaban J connectivity index is 1.28. The van der Waals surface area contributed by atoms with Crippen molar-refractivity contribution >= 4 is 5.78 Å². The van der Waals surface area contributed by atoms with Crippen molar-refractivity contribution in [1.29, 1.82) is 0 Å². The molecule has 6 rings (SSSR count). The van der Waals surface area contributed by atoms with Crippen LogP contribution < -0.4 is 0 Å². The van der Waals surface area contributed by atoms with Gasteiger partial charge in [0, 0.05) is 12.3 Å². The zero-order chi connectivity index (χ0) is 24.3. The fourth-order valence-electron chi connectivity index (χ4n) is 7.67. The van der Waals surface area contributed by atoms with Gasteiger partial charge in [0.1, 0.15) is 11.2 Å². The van der Waals surface area contributed by atoms with Crippen molar-refractivity contribution in [2.75, 3.05) is 0 Å². The number of carbonyl (C=O) groups excluding carboxylic acids is 1. The van der Waals surface area contributed by atoms with Gasteiger partial charge in [-0.2, -0.15) is 0 Å². The number of carbonyl (C=O) groups is 1. The second-order valence-electron chi connectivity index (χ2n) is 12.1. The van der Waals surface area contributed by atoms with Gasteiger partial charge in [-0.05, 0) is 81.1 Å². The maximum Gasteiger partial charge on any atom is 0.186 e. The van der Waals surface area contributed by atoms with Gasteiger partial charge in [-0.1, -0.05) is 31.2 Å². The summed E-state index contributed by atoms with van der Waals surface area (Å²) in [6.45, 7) is 7.14. The van der Waals surface area contributed by atoms with Crippen molar-refractivity contribution in [2.45, 2.75) is 107 Å². The van der Waals surface area contributed by atoms with Gasteiger partial charge in [-0.3, -0.25) is 4.79 Å². The van der Waals surface area contributed by atoms with Gasteiger partial charge in [0.15, 0.2) is 12.1 Å². The third kappa shape index (κ3) is 2.78. The summed E-state index contributed by atoms with van der Waals surface area (Å²) in [7, 11) is 0. The first kappa shape index (κ1) is 22.9. The van der Waals surface area contributed by atoms with E-state index in [2.05, 4.69) is 25.1 Å². The molecule has 1 aromatic rings. The maximum absolute atomic E-state index is 13.2. The van der Waals surface area contributed by atoms with E-state index in [0.717, 1.165) is 31.2 Å². The number of aryl methyl sites for hydroxylation is 1. The Labute approximate surface area is 201 Å². The molecule has 2 aliphatic heterocycles. The summed E-state index contributed by atoms with van der Waals surface area (Å²) in [6.07, 6.45) is 6.00. The monoisotopic (exact) mass is 468 g/mol. The van der Waals surface area contributed by atoms with E-state index in [1.165, 1.54) is 18.1 Å². The minimum absolute atomic E-state index is 0.0615. The van der Waals surface area contributed by atoms with E-state index < -0.39 is 29.0 Å². The van der Waals surface area contributed by atoms with Gasteiger partial charge in [0.2, 0.25) is 0 Å². The molecule has 1 saturated carbocycles. The van der Waals surface area contributed by atoms with Crippen molar-refractivity contribution in [3.8, 4) is 0 Å². The van der Waals surface area contributed by atoms with Gasteiger partial charge in [-0.15, -0.1) is 0 Å². The normalized spacial score (nSPS) is 50.0. The molecule has 3 aliphatic carbocycles. The number of epoxide rings is 1. The maximum atomic E-state index is 13.2. The van der Waals surface area contributed by atoms with Crippen LogP contribution in [0.2, 0.25) is 0 Å². The third-order valence-corrected chi connectivity index (χ3v) is 10.4. The molecule has 3 N–H and O–H groups in total. The van der Waals surface area contributed by atoms with Gasteiger partial charge in [0.25, 0.3) is 0 Å². The minimum atomic E-state index is -1.73. The summed E-state index contributed by atoms with van der Waals surface area (Å²) in [5.41, 5.74) is -0.174. The number of allylic oxidation sites excluding steroid dienone is 1. The fraction of sp³-hybridized carbons (Fsp3) is 0.679. The number of rotatable bonds is 2. The molecule has 2 heterocycles. The van der Waals surface area contributed by atoms with Crippen LogP contribution in [0, 0.1) is 11.3 Å². The van der Waals surface area contributed by atoms with Crippen molar-refractivity contribution < 1.29 is 29.6 Å². The third-order valence-electron chi connectivity index (χ3n) is 10.4. The molecule has 0 bridgehead atoms. The lowest BCUT2D eigenvalue weighted by molar-refractivity contribution is -0.321. The van der Waals surface area contributed by atoms with Gasteiger partial charge >= 0.3 is 0 Å². The molecule has 1 spiro atoms. The number of fused-ring (bicyclic) bond motifs is 4. The van der Waals surface area contributed by atoms with Crippen LogP contribution in [0.3, 0.4) is 0 Å². The molecule has 34 heavy (non-hydrogen) atoms. The van der Waals surface area contributed by atoms with Crippen LogP contribution in [0.4, 0.5) is 0 Å². The van der Waals surface area contributed by atoms with E-state index in [0.29, 0.717) is 5.92 Å². The zero-order valence-electron chi connectivity index (χ0n) is 20.5. The molecule has 1 aromatic carbocycles. The Morgan fingerprint density at radius 3 is 2.68 bits per heavy atom. The fourth-order valence-corrected chi connectivity index (χ4v) is 7.67. The van der Waals surface area contributed by atoms with Crippen molar-refractivity contribution in [3.05, 3.63) is 47.0 Å². The number of ketones is 1. The number of aliphatic hydroxyl groups excluding tert-OH is 1. The van der Waals surface area contributed by atoms with E-state index in [-0.39, 0.29) is 35.7 Å². The molecule has 0 radical (unpaired) electrons. The van der Waals surface area contributed by atoms with Crippen molar-refractivity contribution in [3.63, 3.8) is 0 Å². The first-order valence-corrected chi connectivity index (χ1v) is 12.7. The highest BCUT2D eigenvalue weighted by molar-refractivity contribution is 5.98. The molecule has 10 atom stereocenters. The van der Waals surface area contributed by atoms with Gasteiger partial charge in [-0.25, -0.2) is 0 Å². The summed E-state index contributed by atoms with van der Waals surface area (Å²) in [5.74, 6) is 0.764. The summed E-state index contributed by atoms with van der Waals surface area (Å²) in [4.78, 5) is 13.2. The lowest BCUT2D eigenvalue weighted by Gasteiger charge is -2.51. The Kier molecular flexibility index (Phi) is 4.72. The van der Waals surface area contributed by atoms with Crippen LogP contribution in [0.25, 0.3) is 0 Å². The summed E-state index contributed by atoms with van der Waals surface area (Å²) >= 11 is 0. The SMILES string of the molecule is C[C@@H](c1ccc2c(c1)CC[C@H]1[C@H]2C[C@@H]2O[C@@]23CC=CC(=O)[C@]13C)[C@@H]1C[C@@](C)(O)[C@](C)(O)[C@@H](O)O1. The highest BCUT2D eigenvalue weighted by Gasteiger charge is 2.75. The number of aliphatic hydroxyl groups is 3. The summed E-state index contributed by atoms with van der Waals surface area (Å²) in [6, 6.07) is 6.59. The molecule has 3 fully saturated rings. The molecule has 184 valence electrons. The molecule has 0 unspecified atom stereocenters. The average molecular weight is 469 g/mol. The topological polar surface area (TPSA) is 99.5 Å². The quantitative estimate of drug-likeness (QED) is 0.577. The first-order valence-electron chi connectivity index (χ1n) is 12.7.